The predicted molar refractivity (Wildman–Crippen MR) is 78.1 cm³/mol. The molecule has 1 atom stereocenters. The van der Waals surface area contributed by atoms with Gasteiger partial charge < -0.3 is 15.8 Å². The Hall–Kier alpha value is -0.590. The molecule has 18 heavy (non-hydrogen) atoms. The standard InChI is InChI=1S/C12H19BrN2O2S/c1-12(2,3)17-11(16)15-7-8(6-14)9-4-5-10(13)18-9/h4-5,8H,6-7,14H2,1-3H3,(H,15,16). The molecule has 0 saturated heterocycles. The topological polar surface area (TPSA) is 64.3 Å². The summed E-state index contributed by atoms with van der Waals surface area (Å²) in [6.07, 6.45) is -0.406. The highest BCUT2D eigenvalue weighted by Crippen LogP contribution is 2.27. The van der Waals surface area contributed by atoms with Crippen LogP contribution in [0.2, 0.25) is 0 Å². The highest BCUT2D eigenvalue weighted by Gasteiger charge is 2.18. The molecule has 3 N–H and O–H groups in total. The minimum absolute atomic E-state index is 0.119. The first-order valence-electron chi connectivity index (χ1n) is 5.74. The molecule has 0 bridgehead atoms. The lowest BCUT2D eigenvalue weighted by atomic mass is 10.1. The third-order valence-corrected chi connectivity index (χ3v) is 3.96. The smallest absolute Gasteiger partial charge is 0.407 e. The third-order valence-electron chi connectivity index (χ3n) is 2.17. The van der Waals surface area contributed by atoms with Crippen LogP contribution in [0.3, 0.4) is 0 Å². The second-order valence-corrected chi connectivity index (χ2v) is 7.45. The van der Waals surface area contributed by atoms with Crippen molar-refractivity contribution in [1.82, 2.24) is 5.32 Å². The van der Waals surface area contributed by atoms with Crippen LogP contribution in [0.1, 0.15) is 31.6 Å². The first kappa shape index (κ1) is 15.5. The van der Waals surface area contributed by atoms with Crippen molar-refractivity contribution in [3.63, 3.8) is 0 Å². The number of carbonyl (C=O) groups is 1. The average Bonchev–Trinajstić information content (AvgIpc) is 2.63. The van der Waals surface area contributed by atoms with Gasteiger partial charge in [0.2, 0.25) is 0 Å². The van der Waals surface area contributed by atoms with Crippen molar-refractivity contribution in [1.29, 1.82) is 0 Å². The Labute approximate surface area is 120 Å². The van der Waals surface area contributed by atoms with Crippen LogP contribution in [0.15, 0.2) is 15.9 Å². The highest BCUT2D eigenvalue weighted by atomic mass is 79.9. The van der Waals surface area contributed by atoms with Gasteiger partial charge in [-0.25, -0.2) is 4.79 Å². The molecule has 1 unspecified atom stereocenters. The molecule has 1 heterocycles. The molecule has 1 rings (SSSR count). The maximum Gasteiger partial charge on any atom is 0.407 e. The third kappa shape index (κ3) is 5.37. The molecule has 1 aromatic heterocycles. The second-order valence-electron chi connectivity index (χ2n) is 4.96. The van der Waals surface area contributed by atoms with Crippen LogP contribution in [0, 0.1) is 0 Å². The maximum absolute atomic E-state index is 11.5. The van der Waals surface area contributed by atoms with Crippen molar-refractivity contribution in [3.8, 4) is 0 Å². The quantitative estimate of drug-likeness (QED) is 0.889. The Balaban J connectivity index is 2.48. The van der Waals surface area contributed by atoms with E-state index >= 15 is 0 Å². The molecule has 4 nitrogen and oxygen atoms in total. The number of amides is 1. The molecular weight excluding hydrogens is 316 g/mol. The largest absolute Gasteiger partial charge is 0.444 e. The summed E-state index contributed by atoms with van der Waals surface area (Å²) in [6.45, 7) is 6.48. The van der Waals surface area contributed by atoms with Gasteiger partial charge >= 0.3 is 6.09 Å². The lowest BCUT2D eigenvalue weighted by molar-refractivity contribution is 0.0525. The Kier molecular flexibility index (Phi) is 5.62. The van der Waals surface area contributed by atoms with E-state index in [2.05, 4.69) is 21.2 Å². The highest BCUT2D eigenvalue weighted by molar-refractivity contribution is 9.11. The van der Waals surface area contributed by atoms with E-state index in [0.29, 0.717) is 13.1 Å². The number of rotatable bonds is 4. The van der Waals surface area contributed by atoms with Crippen molar-refractivity contribution in [2.24, 2.45) is 5.73 Å². The lowest BCUT2D eigenvalue weighted by Crippen LogP contribution is -2.36. The molecule has 0 fully saturated rings. The van der Waals surface area contributed by atoms with Crippen molar-refractivity contribution in [2.45, 2.75) is 32.3 Å². The van der Waals surface area contributed by atoms with Gasteiger partial charge in [-0.3, -0.25) is 0 Å². The molecule has 1 amide bonds. The van der Waals surface area contributed by atoms with Crippen molar-refractivity contribution >= 4 is 33.4 Å². The number of halogens is 1. The van der Waals surface area contributed by atoms with Crippen LogP contribution in [-0.2, 0) is 4.74 Å². The number of ether oxygens (including phenoxy) is 1. The minimum Gasteiger partial charge on any atom is -0.444 e. The Bertz CT molecular complexity index is 401. The zero-order valence-electron chi connectivity index (χ0n) is 10.8. The first-order chi connectivity index (χ1) is 8.31. The van der Waals surface area contributed by atoms with E-state index in [-0.39, 0.29) is 5.92 Å². The van der Waals surface area contributed by atoms with Gasteiger partial charge in [0.1, 0.15) is 5.60 Å². The summed E-state index contributed by atoms with van der Waals surface area (Å²) >= 11 is 5.04. The fourth-order valence-electron chi connectivity index (χ4n) is 1.37. The number of carbonyl (C=O) groups excluding carboxylic acids is 1. The van der Waals surface area contributed by atoms with Gasteiger partial charge in [0.15, 0.2) is 0 Å². The van der Waals surface area contributed by atoms with Crippen LogP contribution >= 0.6 is 27.3 Å². The number of nitrogens with one attached hydrogen (secondary N) is 1. The van der Waals surface area contributed by atoms with Crippen LogP contribution in [-0.4, -0.2) is 24.8 Å². The molecule has 0 spiro atoms. The second kappa shape index (κ2) is 6.54. The molecule has 0 saturated carbocycles. The summed E-state index contributed by atoms with van der Waals surface area (Å²) < 4.78 is 6.24. The molecule has 0 aliphatic rings. The van der Waals surface area contributed by atoms with Crippen molar-refractivity contribution < 1.29 is 9.53 Å². The number of nitrogens with two attached hydrogens (primary N) is 1. The van der Waals surface area contributed by atoms with E-state index in [1.165, 1.54) is 0 Å². The molecule has 0 aromatic carbocycles. The number of alkyl carbamates (subject to hydrolysis) is 1. The summed E-state index contributed by atoms with van der Waals surface area (Å²) in [6, 6.07) is 4.00. The zero-order chi connectivity index (χ0) is 13.8. The van der Waals surface area contributed by atoms with Crippen molar-refractivity contribution in [2.75, 3.05) is 13.1 Å². The Morgan fingerprint density at radius 2 is 2.22 bits per heavy atom. The van der Waals surface area contributed by atoms with E-state index in [0.717, 1.165) is 8.66 Å². The van der Waals surface area contributed by atoms with Gasteiger partial charge in [-0.2, -0.15) is 0 Å². The van der Waals surface area contributed by atoms with E-state index in [1.807, 2.05) is 32.9 Å². The first-order valence-corrected chi connectivity index (χ1v) is 7.35. The van der Waals surface area contributed by atoms with Gasteiger partial charge in [-0.05, 0) is 48.8 Å². The van der Waals surface area contributed by atoms with Gasteiger partial charge in [-0.1, -0.05) is 0 Å². The minimum atomic E-state index is -0.478. The van der Waals surface area contributed by atoms with Gasteiger partial charge in [0.25, 0.3) is 0 Å². The Morgan fingerprint density at radius 1 is 1.56 bits per heavy atom. The van der Waals surface area contributed by atoms with Gasteiger partial charge in [-0.15, -0.1) is 11.3 Å². The summed E-state index contributed by atoms with van der Waals surface area (Å²) in [5.74, 6) is 0.119. The van der Waals surface area contributed by atoms with Crippen LogP contribution < -0.4 is 11.1 Å². The zero-order valence-corrected chi connectivity index (χ0v) is 13.2. The summed E-state index contributed by atoms with van der Waals surface area (Å²) in [5.41, 5.74) is 5.25. The normalized spacial score (nSPS) is 13.2. The van der Waals surface area contributed by atoms with Gasteiger partial charge in [0.05, 0.1) is 3.79 Å². The molecular formula is C12H19BrN2O2S. The molecule has 1 aromatic rings. The predicted octanol–water partition coefficient (Wildman–Crippen LogP) is 3.08. The molecule has 102 valence electrons. The SMILES string of the molecule is CC(C)(C)OC(=O)NCC(CN)c1ccc(Br)s1. The molecule has 6 heteroatoms. The Morgan fingerprint density at radius 3 is 2.67 bits per heavy atom. The van der Waals surface area contributed by atoms with E-state index in [1.54, 1.807) is 11.3 Å². The molecule has 0 aliphatic carbocycles. The van der Waals surface area contributed by atoms with Crippen LogP contribution in [0.5, 0.6) is 0 Å². The maximum atomic E-state index is 11.5. The molecule has 0 radical (unpaired) electrons. The summed E-state index contributed by atoms with van der Waals surface area (Å²) in [4.78, 5) is 12.7. The monoisotopic (exact) mass is 334 g/mol. The fraction of sp³-hybridized carbons (Fsp3) is 0.583. The van der Waals surface area contributed by atoms with E-state index in [9.17, 15) is 4.79 Å². The number of hydrogen-bond donors (Lipinski definition) is 2. The van der Waals surface area contributed by atoms with Crippen LogP contribution in [0.4, 0.5) is 4.79 Å². The van der Waals surface area contributed by atoms with E-state index < -0.39 is 11.7 Å². The van der Waals surface area contributed by atoms with Crippen LogP contribution in [0.25, 0.3) is 0 Å². The average molecular weight is 335 g/mol. The number of thiophene rings is 1. The van der Waals surface area contributed by atoms with Crippen molar-refractivity contribution in [3.05, 3.63) is 20.8 Å². The summed E-state index contributed by atoms with van der Waals surface area (Å²) in [5, 5.41) is 2.75. The lowest BCUT2D eigenvalue weighted by Gasteiger charge is -2.21. The summed E-state index contributed by atoms with van der Waals surface area (Å²) in [7, 11) is 0. The van der Waals surface area contributed by atoms with E-state index in [4.69, 9.17) is 10.5 Å². The number of hydrogen-bond acceptors (Lipinski definition) is 4. The fourth-order valence-corrected chi connectivity index (χ4v) is 2.90. The molecule has 0 aliphatic heterocycles. The van der Waals surface area contributed by atoms with Gasteiger partial charge in [0, 0.05) is 23.9 Å².